The van der Waals surface area contributed by atoms with E-state index in [1.54, 1.807) is 0 Å². The van der Waals surface area contributed by atoms with Gasteiger partial charge < -0.3 is 4.43 Å². The summed E-state index contributed by atoms with van der Waals surface area (Å²) in [5.74, 6) is 0. The Morgan fingerprint density at radius 2 is 1.76 bits per heavy atom. The van der Waals surface area contributed by atoms with E-state index in [0.29, 0.717) is 0 Å². The zero-order valence-corrected chi connectivity index (χ0v) is 15.0. The maximum atomic E-state index is 6.08. The first kappa shape index (κ1) is 17.6. The molecule has 0 bridgehead atoms. The van der Waals surface area contributed by atoms with Gasteiger partial charge in [0.15, 0.2) is 8.32 Å². The Kier molecular flexibility index (Phi) is 12.2. The van der Waals surface area contributed by atoms with Crippen LogP contribution in [0.1, 0.15) is 51.9 Å². The number of allylic oxidation sites excluding steroid dienone is 1. The molecule has 0 rings (SSSR count). The van der Waals surface area contributed by atoms with Crippen LogP contribution in [-0.2, 0) is 4.43 Å². The zero-order chi connectivity index (χ0) is 13.0. The van der Waals surface area contributed by atoms with E-state index in [-0.39, 0.29) is 0 Å². The Balaban J connectivity index is 3.31. The second-order valence-corrected chi connectivity index (χ2v) is 10.3. The van der Waals surface area contributed by atoms with Crippen LogP contribution in [0.4, 0.5) is 0 Å². The van der Waals surface area contributed by atoms with E-state index < -0.39 is 8.32 Å². The van der Waals surface area contributed by atoms with E-state index in [1.807, 2.05) is 0 Å². The second-order valence-electron chi connectivity index (χ2n) is 5.28. The molecule has 17 heavy (non-hydrogen) atoms. The molecule has 0 unspecified atom stereocenters. The Labute approximate surface area is 123 Å². The number of unbranched alkanes of at least 4 members (excludes halogenated alkanes) is 5. The van der Waals surface area contributed by atoms with Crippen molar-refractivity contribution in [1.29, 1.82) is 0 Å². The van der Waals surface area contributed by atoms with Gasteiger partial charge >= 0.3 is 0 Å². The fourth-order valence-electron chi connectivity index (χ4n) is 1.80. The van der Waals surface area contributed by atoms with Gasteiger partial charge in [-0.3, -0.25) is 0 Å². The first-order chi connectivity index (χ1) is 8.12. The second kappa shape index (κ2) is 11.7. The quantitative estimate of drug-likeness (QED) is 0.250. The predicted molar refractivity (Wildman–Crippen MR) is 89.4 cm³/mol. The standard InChI is InChI=1S/C14H29IOSi/c1-4-5-14-17(2,3)16-13-11-9-7-6-8-10-12-15/h10,12H,4-9,11,13-14H2,1-3H3/b12-10+. The largest absolute Gasteiger partial charge is 0.417 e. The van der Waals surface area contributed by atoms with Crippen LogP contribution >= 0.6 is 22.6 Å². The highest BCUT2D eigenvalue weighted by atomic mass is 127. The fraction of sp³-hybridized carbons (Fsp3) is 0.857. The summed E-state index contributed by atoms with van der Waals surface area (Å²) in [4.78, 5) is 0. The molecule has 0 aliphatic heterocycles. The highest BCUT2D eigenvalue weighted by Crippen LogP contribution is 2.16. The zero-order valence-electron chi connectivity index (χ0n) is 11.8. The van der Waals surface area contributed by atoms with Gasteiger partial charge in [-0.05, 0) is 42.5 Å². The first-order valence-corrected chi connectivity index (χ1v) is 11.4. The van der Waals surface area contributed by atoms with Gasteiger partial charge in [-0.1, -0.05) is 61.3 Å². The Morgan fingerprint density at radius 1 is 1.06 bits per heavy atom. The van der Waals surface area contributed by atoms with Crippen LogP contribution in [-0.4, -0.2) is 14.9 Å². The van der Waals surface area contributed by atoms with Crippen molar-refractivity contribution < 1.29 is 4.43 Å². The molecule has 0 spiro atoms. The molecule has 0 radical (unpaired) electrons. The van der Waals surface area contributed by atoms with Crippen LogP contribution in [0.25, 0.3) is 0 Å². The molecular weight excluding hydrogens is 339 g/mol. The molecule has 3 heteroatoms. The third-order valence-corrected chi connectivity index (χ3v) is 6.03. The van der Waals surface area contributed by atoms with Crippen molar-refractivity contribution in [2.45, 2.75) is 71.0 Å². The fourth-order valence-corrected chi connectivity index (χ4v) is 4.21. The van der Waals surface area contributed by atoms with Crippen molar-refractivity contribution in [3.05, 3.63) is 10.2 Å². The average molecular weight is 368 g/mol. The molecule has 0 fully saturated rings. The summed E-state index contributed by atoms with van der Waals surface area (Å²) in [6.07, 6.45) is 11.4. The van der Waals surface area contributed by atoms with E-state index in [2.05, 4.69) is 52.8 Å². The summed E-state index contributed by atoms with van der Waals surface area (Å²) in [5, 5.41) is 0. The van der Waals surface area contributed by atoms with Crippen molar-refractivity contribution in [3.63, 3.8) is 0 Å². The van der Waals surface area contributed by atoms with E-state index in [0.717, 1.165) is 6.61 Å². The van der Waals surface area contributed by atoms with Crippen molar-refractivity contribution >= 4 is 30.9 Å². The summed E-state index contributed by atoms with van der Waals surface area (Å²) in [6.45, 7) is 7.96. The Morgan fingerprint density at radius 3 is 2.41 bits per heavy atom. The van der Waals surface area contributed by atoms with Crippen LogP contribution in [0.15, 0.2) is 10.2 Å². The van der Waals surface area contributed by atoms with Crippen molar-refractivity contribution in [2.75, 3.05) is 6.61 Å². The van der Waals surface area contributed by atoms with E-state index in [4.69, 9.17) is 4.43 Å². The molecule has 0 aromatic carbocycles. The number of halogens is 1. The molecule has 0 N–H and O–H groups in total. The molecular formula is C14H29IOSi. The third-order valence-electron chi connectivity index (χ3n) is 2.98. The summed E-state index contributed by atoms with van der Waals surface area (Å²) in [6, 6.07) is 1.32. The summed E-state index contributed by atoms with van der Waals surface area (Å²) < 4.78 is 8.20. The molecule has 0 aromatic rings. The van der Waals surface area contributed by atoms with E-state index in [9.17, 15) is 0 Å². The third kappa shape index (κ3) is 12.9. The van der Waals surface area contributed by atoms with Gasteiger partial charge in [0.25, 0.3) is 0 Å². The minimum absolute atomic E-state index is 0.991. The molecule has 0 aromatic heterocycles. The lowest BCUT2D eigenvalue weighted by Crippen LogP contribution is -2.30. The Hall–Kier alpha value is 0.647. The Bertz CT molecular complexity index is 193. The van der Waals surface area contributed by atoms with Crippen molar-refractivity contribution in [2.24, 2.45) is 0 Å². The van der Waals surface area contributed by atoms with Crippen LogP contribution in [0, 0.1) is 0 Å². The molecule has 1 nitrogen and oxygen atoms in total. The smallest absolute Gasteiger partial charge is 0.186 e. The van der Waals surface area contributed by atoms with E-state index >= 15 is 0 Å². The van der Waals surface area contributed by atoms with Crippen molar-refractivity contribution in [1.82, 2.24) is 0 Å². The van der Waals surface area contributed by atoms with E-state index in [1.165, 1.54) is 51.0 Å². The van der Waals surface area contributed by atoms with Gasteiger partial charge in [-0.15, -0.1) is 0 Å². The predicted octanol–water partition coefficient (Wildman–Crippen LogP) is 5.91. The topological polar surface area (TPSA) is 9.23 Å². The maximum Gasteiger partial charge on any atom is 0.186 e. The lowest BCUT2D eigenvalue weighted by Gasteiger charge is -2.22. The lowest BCUT2D eigenvalue weighted by molar-refractivity contribution is 0.293. The van der Waals surface area contributed by atoms with Gasteiger partial charge in [0.05, 0.1) is 0 Å². The van der Waals surface area contributed by atoms with Gasteiger partial charge in [-0.25, -0.2) is 0 Å². The molecule has 0 saturated heterocycles. The highest BCUT2D eigenvalue weighted by molar-refractivity contribution is 14.1. The van der Waals surface area contributed by atoms with Crippen LogP contribution in [0.3, 0.4) is 0 Å². The number of hydrogen-bond acceptors (Lipinski definition) is 1. The van der Waals surface area contributed by atoms with Gasteiger partial charge in [0.1, 0.15) is 0 Å². The highest BCUT2D eigenvalue weighted by Gasteiger charge is 2.20. The molecule has 0 aliphatic rings. The van der Waals surface area contributed by atoms with Gasteiger partial charge in [0, 0.05) is 6.61 Å². The molecule has 0 heterocycles. The number of rotatable bonds is 11. The number of hydrogen-bond donors (Lipinski definition) is 0. The summed E-state index contributed by atoms with van der Waals surface area (Å²) in [5.41, 5.74) is 0. The minimum atomic E-state index is -1.32. The van der Waals surface area contributed by atoms with Gasteiger partial charge in [0.2, 0.25) is 0 Å². The SMILES string of the molecule is CCCC[Si](C)(C)OCCCCCC/C=C/I. The maximum absolute atomic E-state index is 6.08. The van der Waals surface area contributed by atoms with Crippen LogP contribution in [0.2, 0.25) is 19.1 Å². The molecule has 0 atom stereocenters. The van der Waals surface area contributed by atoms with Gasteiger partial charge in [-0.2, -0.15) is 0 Å². The normalized spacial score (nSPS) is 12.5. The minimum Gasteiger partial charge on any atom is -0.417 e. The monoisotopic (exact) mass is 368 g/mol. The molecule has 0 amide bonds. The van der Waals surface area contributed by atoms with Crippen LogP contribution in [0.5, 0.6) is 0 Å². The molecule has 0 saturated carbocycles. The summed E-state index contributed by atoms with van der Waals surface area (Å²) in [7, 11) is -1.32. The van der Waals surface area contributed by atoms with Crippen molar-refractivity contribution in [3.8, 4) is 0 Å². The molecule has 102 valence electrons. The molecule has 0 aliphatic carbocycles. The van der Waals surface area contributed by atoms with Crippen LogP contribution < -0.4 is 0 Å². The first-order valence-electron chi connectivity index (χ1n) is 7.01. The lowest BCUT2D eigenvalue weighted by atomic mass is 10.1. The summed E-state index contributed by atoms with van der Waals surface area (Å²) >= 11 is 2.29. The average Bonchev–Trinajstić information content (AvgIpc) is 2.30.